The summed E-state index contributed by atoms with van der Waals surface area (Å²) in [5.41, 5.74) is 2.57. The molecule has 0 bridgehead atoms. The number of benzene rings is 1. The number of aliphatic hydroxyl groups is 3. The van der Waals surface area contributed by atoms with Gasteiger partial charge in [0, 0.05) is 24.2 Å². The van der Waals surface area contributed by atoms with E-state index in [1.165, 1.54) is 25.1 Å². The molecule has 2 aromatic rings. The van der Waals surface area contributed by atoms with E-state index in [2.05, 4.69) is 15.6 Å². The molecule has 1 saturated carbocycles. The lowest BCUT2D eigenvalue weighted by molar-refractivity contribution is -0.153. The molecule has 2 amide bonds. The van der Waals surface area contributed by atoms with Crippen molar-refractivity contribution in [2.24, 2.45) is 17.6 Å². The van der Waals surface area contributed by atoms with Crippen molar-refractivity contribution in [3.63, 3.8) is 0 Å². The number of aliphatic hydroxyl groups excluding tert-OH is 2. The second-order valence-corrected chi connectivity index (χ2v) is 10.9. The number of carbonyl (C=O) groups excluding carboxylic acids is 4. The summed E-state index contributed by atoms with van der Waals surface area (Å²) in [5.74, 6) is -7.79. The van der Waals surface area contributed by atoms with Crippen LogP contribution in [0.3, 0.4) is 0 Å². The monoisotopic (exact) mass is 649 g/mol. The Bertz CT molecular complexity index is 1580. The SMILES string of the molecule is CN(C)[C@@H]1C(=O)C(C(N)=O)=C(O)C2(O)C(=O)C3=C(O)c4c(ccc(NC(=O)CNCc5ccccn5)c4O)CC3CC12.Cl.Cl. The molecule has 1 aromatic carbocycles. The van der Waals surface area contributed by atoms with Gasteiger partial charge in [-0.15, -0.1) is 24.8 Å². The molecule has 8 N–H and O–H groups in total. The fraction of sp³-hybridized carbons (Fsp3) is 0.345. The standard InChI is InChI=1S/C29H31N5O8.2ClH/c1-34(2)22-16-10-14-9-13-6-7-17(33-18(35)12-31-11-15-5-3-4-8-32-15)23(36)19(13)24(37)20(14)26(39)29(16,42)27(40)21(25(22)38)28(30)41;;/h3-8,14,16,22,31,36-37,40,42H,9-12H2,1-2H3,(H2,30,41)(H,33,35);2*1H/t14?,16?,22-,29?;;/m0../s1. The summed E-state index contributed by atoms with van der Waals surface area (Å²) in [5, 5.41) is 50.5. The smallest absolute Gasteiger partial charge is 0.255 e. The molecular weight excluding hydrogens is 617 g/mol. The van der Waals surface area contributed by atoms with Crippen molar-refractivity contribution < 1.29 is 39.6 Å². The Hall–Kier alpha value is -4.01. The van der Waals surface area contributed by atoms with Gasteiger partial charge >= 0.3 is 0 Å². The van der Waals surface area contributed by atoms with Crippen LogP contribution in [0.2, 0.25) is 0 Å². The van der Waals surface area contributed by atoms with Gasteiger partial charge in [0.15, 0.2) is 11.4 Å². The second kappa shape index (κ2) is 12.9. The van der Waals surface area contributed by atoms with E-state index in [-0.39, 0.29) is 61.0 Å². The Balaban J connectivity index is 0.00000264. The number of carbonyl (C=O) groups is 4. The van der Waals surface area contributed by atoms with E-state index < -0.39 is 69.7 Å². The highest BCUT2D eigenvalue weighted by Crippen LogP contribution is 2.53. The zero-order valence-corrected chi connectivity index (χ0v) is 25.4. The fourth-order valence-corrected chi connectivity index (χ4v) is 6.32. The number of phenolic OH excluding ortho intramolecular Hbond substituents is 1. The van der Waals surface area contributed by atoms with E-state index in [4.69, 9.17) is 5.73 Å². The number of hydrogen-bond acceptors (Lipinski definition) is 11. The van der Waals surface area contributed by atoms with E-state index in [0.717, 1.165) is 5.69 Å². The first-order valence-corrected chi connectivity index (χ1v) is 13.3. The third-order valence-electron chi connectivity index (χ3n) is 8.19. The number of primary amides is 1. The predicted molar refractivity (Wildman–Crippen MR) is 163 cm³/mol. The van der Waals surface area contributed by atoms with Crippen LogP contribution >= 0.6 is 24.8 Å². The van der Waals surface area contributed by atoms with Gasteiger partial charge in [-0.1, -0.05) is 12.1 Å². The van der Waals surface area contributed by atoms with Gasteiger partial charge in [-0.3, -0.25) is 29.1 Å². The van der Waals surface area contributed by atoms with Gasteiger partial charge in [0.05, 0.1) is 29.5 Å². The quantitative estimate of drug-likeness (QED) is 0.165. The summed E-state index contributed by atoms with van der Waals surface area (Å²) in [7, 11) is 3.07. The minimum Gasteiger partial charge on any atom is -0.508 e. The van der Waals surface area contributed by atoms with Gasteiger partial charge in [-0.2, -0.15) is 0 Å². The molecule has 0 aliphatic heterocycles. The van der Waals surface area contributed by atoms with Gasteiger partial charge in [0.1, 0.15) is 22.8 Å². The van der Waals surface area contributed by atoms with Gasteiger partial charge < -0.3 is 36.8 Å². The number of amides is 2. The maximum absolute atomic E-state index is 13.9. The van der Waals surface area contributed by atoms with Crippen molar-refractivity contribution >= 4 is 59.6 Å². The average Bonchev–Trinajstić information content (AvgIpc) is 2.92. The highest BCUT2D eigenvalue weighted by Gasteiger charge is 2.64. The summed E-state index contributed by atoms with van der Waals surface area (Å²) >= 11 is 0. The maximum Gasteiger partial charge on any atom is 0.255 e. The Labute approximate surface area is 264 Å². The van der Waals surface area contributed by atoms with Gasteiger partial charge in [-0.25, -0.2) is 0 Å². The summed E-state index contributed by atoms with van der Waals surface area (Å²) in [6.07, 6.45) is 1.78. The Morgan fingerprint density at radius 1 is 1.11 bits per heavy atom. The van der Waals surface area contributed by atoms with Crippen molar-refractivity contribution in [1.29, 1.82) is 0 Å². The molecule has 13 nitrogen and oxygen atoms in total. The number of pyridine rings is 1. The molecule has 1 aromatic heterocycles. The van der Waals surface area contributed by atoms with Gasteiger partial charge in [0.25, 0.3) is 5.91 Å². The Morgan fingerprint density at radius 2 is 1.82 bits per heavy atom. The van der Waals surface area contributed by atoms with Crippen LogP contribution in [0.1, 0.15) is 23.2 Å². The molecule has 0 radical (unpaired) electrons. The van der Waals surface area contributed by atoms with Crippen molar-refractivity contribution in [2.75, 3.05) is 26.0 Å². The van der Waals surface area contributed by atoms with Gasteiger partial charge in [-0.05, 0) is 56.6 Å². The number of nitrogens with two attached hydrogens (primary N) is 1. The second-order valence-electron chi connectivity index (χ2n) is 10.9. The van der Waals surface area contributed by atoms with E-state index in [1.54, 1.807) is 24.4 Å². The highest BCUT2D eigenvalue weighted by molar-refractivity contribution is 6.24. The summed E-state index contributed by atoms with van der Waals surface area (Å²) in [4.78, 5) is 57.3. The predicted octanol–water partition coefficient (Wildman–Crippen LogP) is 0.931. The van der Waals surface area contributed by atoms with Crippen LogP contribution in [0.25, 0.3) is 5.76 Å². The molecule has 3 aliphatic rings. The number of nitrogens with one attached hydrogen (secondary N) is 2. The van der Waals surface area contributed by atoms with E-state index in [0.29, 0.717) is 12.1 Å². The zero-order valence-electron chi connectivity index (χ0n) is 23.7. The molecule has 5 rings (SSSR count). The number of anilines is 1. The maximum atomic E-state index is 13.9. The van der Waals surface area contributed by atoms with Crippen molar-refractivity contribution in [3.05, 3.63) is 70.3 Å². The number of fused-ring (bicyclic) bond motifs is 3. The summed E-state index contributed by atoms with van der Waals surface area (Å²) in [6.45, 7) is 0.235. The molecule has 3 aliphatic carbocycles. The Morgan fingerprint density at radius 3 is 2.43 bits per heavy atom. The topological polar surface area (TPSA) is 215 Å². The van der Waals surface area contributed by atoms with Crippen molar-refractivity contribution in [3.8, 4) is 5.75 Å². The van der Waals surface area contributed by atoms with E-state index >= 15 is 0 Å². The normalized spacial score (nSPS) is 24.0. The number of likely N-dealkylation sites (N-methyl/N-ethyl adjacent to an activating group) is 1. The number of ketones is 2. The first-order valence-electron chi connectivity index (χ1n) is 13.3. The zero-order chi connectivity index (χ0) is 30.5. The third kappa shape index (κ3) is 5.53. The van der Waals surface area contributed by atoms with E-state index in [1.807, 2.05) is 6.07 Å². The minimum atomic E-state index is -2.72. The molecule has 0 spiro atoms. The number of aromatic hydroxyl groups is 1. The molecule has 3 unspecified atom stereocenters. The molecular formula is C29H33Cl2N5O8. The fourth-order valence-electron chi connectivity index (χ4n) is 6.32. The number of hydrogen-bond donors (Lipinski definition) is 7. The molecule has 4 atom stereocenters. The number of Topliss-reactive ketones (excluding diaryl/α,β-unsaturated/α-hetero) is 2. The summed E-state index contributed by atoms with van der Waals surface area (Å²) in [6, 6.07) is 7.31. The molecule has 44 heavy (non-hydrogen) atoms. The van der Waals surface area contributed by atoms with Crippen LogP contribution in [0.4, 0.5) is 5.69 Å². The summed E-state index contributed by atoms with van der Waals surface area (Å²) < 4.78 is 0. The van der Waals surface area contributed by atoms with E-state index in [9.17, 15) is 39.6 Å². The highest BCUT2D eigenvalue weighted by atomic mass is 35.5. The lowest BCUT2D eigenvalue weighted by Gasteiger charge is -2.50. The largest absolute Gasteiger partial charge is 0.508 e. The molecule has 0 saturated heterocycles. The number of halogens is 2. The van der Waals surface area contributed by atoms with Crippen LogP contribution in [0.15, 0.2) is 53.4 Å². The van der Waals surface area contributed by atoms with Crippen LogP contribution in [-0.2, 0) is 32.1 Å². The lowest BCUT2D eigenvalue weighted by atomic mass is 9.57. The van der Waals surface area contributed by atoms with Crippen molar-refractivity contribution in [2.45, 2.75) is 31.0 Å². The van der Waals surface area contributed by atoms with Gasteiger partial charge in [0.2, 0.25) is 11.7 Å². The van der Waals surface area contributed by atoms with Crippen LogP contribution < -0.4 is 16.4 Å². The average molecular weight is 651 g/mol. The first-order chi connectivity index (χ1) is 19.9. The number of aromatic nitrogens is 1. The van der Waals surface area contributed by atoms with Crippen LogP contribution in [-0.4, -0.2) is 86.0 Å². The molecule has 1 heterocycles. The lowest BCUT2D eigenvalue weighted by Crippen LogP contribution is -2.65. The van der Waals surface area contributed by atoms with Crippen molar-refractivity contribution in [1.82, 2.24) is 15.2 Å². The van der Waals surface area contributed by atoms with Crippen LogP contribution in [0.5, 0.6) is 5.75 Å². The Kier molecular flexibility index (Phi) is 10.1. The first kappa shape index (κ1) is 34.5. The number of rotatable bonds is 7. The molecule has 1 fully saturated rings. The third-order valence-corrected chi connectivity index (χ3v) is 8.19. The molecule has 236 valence electrons. The number of phenols is 1. The minimum absolute atomic E-state index is 0. The molecule has 15 heteroatoms. The van der Waals surface area contributed by atoms with Crippen LogP contribution in [0, 0.1) is 11.8 Å². The number of nitrogens with zero attached hydrogens (tertiary/aromatic N) is 2.